The first-order valence-corrected chi connectivity index (χ1v) is 9.57. The number of hydrogen-bond donors (Lipinski definition) is 4. The molecule has 7 nitrogen and oxygen atoms in total. The average molecular weight is 362 g/mol. The van der Waals surface area contributed by atoms with Crippen LogP contribution in [0.1, 0.15) is 40.5 Å². The SMILES string of the molecule is CSCCC(NC(=O)C(CC(C)C)NC(=O)C(N)C(C)C)C(=O)O. The second-order valence-corrected chi connectivity index (χ2v) is 7.63. The first-order valence-electron chi connectivity index (χ1n) is 8.18. The molecule has 0 aliphatic rings. The quantitative estimate of drug-likeness (QED) is 0.432. The second-order valence-electron chi connectivity index (χ2n) is 6.64. The number of carbonyl (C=O) groups is 3. The number of nitrogens with two attached hydrogens (primary N) is 1. The van der Waals surface area contributed by atoms with Gasteiger partial charge in [-0.1, -0.05) is 27.7 Å². The van der Waals surface area contributed by atoms with Crippen molar-refractivity contribution in [2.45, 2.75) is 58.7 Å². The summed E-state index contributed by atoms with van der Waals surface area (Å²) in [6.45, 7) is 7.50. The zero-order valence-corrected chi connectivity index (χ0v) is 16.0. The molecule has 5 N–H and O–H groups in total. The predicted molar refractivity (Wildman–Crippen MR) is 96.8 cm³/mol. The number of carbonyl (C=O) groups excluding carboxylic acids is 2. The van der Waals surface area contributed by atoms with Gasteiger partial charge in [-0.25, -0.2) is 4.79 Å². The van der Waals surface area contributed by atoms with Crippen LogP contribution in [0.2, 0.25) is 0 Å². The number of carboxylic acid groups (broad SMARTS) is 1. The fourth-order valence-electron chi connectivity index (χ4n) is 2.04. The minimum Gasteiger partial charge on any atom is -0.480 e. The van der Waals surface area contributed by atoms with E-state index in [1.807, 2.05) is 34.0 Å². The van der Waals surface area contributed by atoms with Crippen molar-refractivity contribution in [2.24, 2.45) is 17.6 Å². The van der Waals surface area contributed by atoms with Gasteiger partial charge in [0.2, 0.25) is 11.8 Å². The molecule has 3 unspecified atom stereocenters. The van der Waals surface area contributed by atoms with E-state index in [0.717, 1.165) is 0 Å². The van der Waals surface area contributed by atoms with E-state index in [-0.39, 0.29) is 11.8 Å². The second kappa shape index (κ2) is 11.3. The summed E-state index contributed by atoms with van der Waals surface area (Å²) in [4.78, 5) is 35.9. The van der Waals surface area contributed by atoms with Crippen LogP contribution in [0, 0.1) is 11.8 Å². The fraction of sp³-hybridized carbons (Fsp3) is 0.812. The minimum atomic E-state index is -1.08. The van der Waals surface area contributed by atoms with Gasteiger partial charge in [-0.3, -0.25) is 9.59 Å². The third-order valence-corrected chi connectivity index (χ3v) is 4.23. The van der Waals surface area contributed by atoms with Gasteiger partial charge in [0, 0.05) is 0 Å². The largest absolute Gasteiger partial charge is 0.480 e. The van der Waals surface area contributed by atoms with Crippen molar-refractivity contribution in [3.8, 4) is 0 Å². The molecule has 0 saturated carbocycles. The molecule has 0 spiro atoms. The van der Waals surface area contributed by atoms with Crippen LogP contribution in [0.4, 0.5) is 0 Å². The van der Waals surface area contributed by atoms with Gasteiger partial charge in [-0.15, -0.1) is 0 Å². The lowest BCUT2D eigenvalue weighted by Gasteiger charge is -2.25. The maximum absolute atomic E-state index is 12.4. The monoisotopic (exact) mass is 361 g/mol. The zero-order valence-electron chi connectivity index (χ0n) is 15.2. The zero-order chi connectivity index (χ0) is 18.9. The predicted octanol–water partition coefficient (Wildman–Crippen LogP) is 0.823. The third kappa shape index (κ3) is 8.54. The number of amides is 2. The molecule has 0 aromatic carbocycles. The van der Waals surface area contributed by atoms with E-state index in [2.05, 4.69) is 10.6 Å². The van der Waals surface area contributed by atoms with Crippen LogP contribution in [0.3, 0.4) is 0 Å². The summed E-state index contributed by atoms with van der Waals surface area (Å²) < 4.78 is 0. The number of nitrogens with one attached hydrogen (secondary N) is 2. The Bertz CT molecular complexity index is 430. The molecule has 0 aromatic rings. The summed E-state index contributed by atoms with van der Waals surface area (Å²) >= 11 is 1.51. The molecule has 0 fully saturated rings. The van der Waals surface area contributed by atoms with Crippen LogP contribution in [-0.4, -0.2) is 53.0 Å². The number of aliphatic carboxylic acids is 1. The van der Waals surface area contributed by atoms with Gasteiger partial charge in [-0.2, -0.15) is 11.8 Å². The molecule has 0 aromatic heterocycles. The third-order valence-electron chi connectivity index (χ3n) is 3.59. The summed E-state index contributed by atoms with van der Waals surface area (Å²) in [5, 5.41) is 14.4. The Morgan fingerprint density at radius 2 is 1.58 bits per heavy atom. The Labute approximate surface area is 148 Å². The van der Waals surface area contributed by atoms with Gasteiger partial charge in [0.1, 0.15) is 12.1 Å². The van der Waals surface area contributed by atoms with Crippen LogP contribution in [0.5, 0.6) is 0 Å². The molecule has 8 heteroatoms. The summed E-state index contributed by atoms with van der Waals surface area (Å²) in [7, 11) is 0. The van der Waals surface area contributed by atoms with E-state index in [4.69, 9.17) is 5.73 Å². The lowest BCUT2D eigenvalue weighted by molar-refractivity contribution is -0.142. The Morgan fingerprint density at radius 1 is 1.04 bits per heavy atom. The van der Waals surface area contributed by atoms with E-state index < -0.39 is 35.9 Å². The highest BCUT2D eigenvalue weighted by molar-refractivity contribution is 7.98. The number of hydrogen-bond acceptors (Lipinski definition) is 5. The molecule has 24 heavy (non-hydrogen) atoms. The molecule has 0 heterocycles. The fourth-order valence-corrected chi connectivity index (χ4v) is 2.51. The Balaban J connectivity index is 4.98. The van der Waals surface area contributed by atoms with Crippen LogP contribution in [0.15, 0.2) is 0 Å². The van der Waals surface area contributed by atoms with Gasteiger partial charge < -0.3 is 21.5 Å². The highest BCUT2D eigenvalue weighted by atomic mass is 32.2. The summed E-state index contributed by atoms with van der Waals surface area (Å²) in [5.74, 6) is -1.24. The van der Waals surface area contributed by atoms with E-state index >= 15 is 0 Å². The van der Waals surface area contributed by atoms with Crippen LogP contribution in [0.25, 0.3) is 0 Å². The Hall–Kier alpha value is -1.28. The van der Waals surface area contributed by atoms with Crippen LogP contribution >= 0.6 is 11.8 Å². The number of carboxylic acids is 1. The molecular weight excluding hydrogens is 330 g/mol. The van der Waals surface area contributed by atoms with E-state index in [9.17, 15) is 19.5 Å². The maximum atomic E-state index is 12.4. The number of rotatable bonds is 11. The lowest BCUT2D eigenvalue weighted by Crippen LogP contribution is -2.55. The van der Waals surface area contributed by atoms with Gasteiger partial charge in [0.15, 0.2) is 0 Å². The normalized spacial score (nSPS) is 15.0. The summed E-state index contributed by atoms with van der Waals surface area (Å²) in [6, 6.07) is -2.46. The van der Waals surface area contributed by atoms with Gasteiger partial charge >= 0.3 is 5.97 Å². The molecule has 3 atom stereocenters. The highest BCUT2D eigenvalue weighted by Gasteiger charge is 2.28. The molecule has 0 rings (SSSR count). The van der Waals surface area contributed by atoms with Gasteiger partial charge in [-0.05, 0) is 36.7 Å². The molecule has 140 valence electrons. The highest BCUT2D eigenvalue weighted by Crippen LogP contribution is 2.08. The van der Waals surface area contributed by atoms with Crippen molar-refractivity contribution in [1.29, 1.82) is 0 Å². The minimum absolute atomic E-state index is 0.0545. The van der Waals surface area contributed by atoms with Crippen molar-refractivity contribution in [3.63, 3.8) is 0 Å². The molecule has 0 saturated heterocycles. The molecule has 2 amide bonds. The first-order chi connectivity index (χ1) is 11.1. The topological polar surface area (TPSA) is 122 Å². The first kappa shape index (κ1) is 22.7. The molecule has 0 aliphatic heterocycles. The van der Waals surface area contributed by atoms with Crippen molar-refractivity contribution in [3.05, 3.63) is 0 Å². The average Bonchev–Trinajstić information content (AvgIpc) is 2.48. The van der Waals surface area contributed by atoms with Gasteiger partial charge in [0.05, 0.1) is 6.04 Å². The summed E-state index contributed by atoms with van der Waals surface area (Å²) in [6.07, 6.45) is 2.61. The van der Waals surface area contributed by atoms with Crippen molar-refractivity contribution >= 4 is 29.5 Å². The Morgan fingerprint density at radius 3 is 2.00 bits per heavy atom. The standard InChI is InChI=1S/C16H31N3O4S/c1-9(2)8-12(19-15(21)13(17)10(3)4)14(20)18-11(16(22)23)6-7-24-5/h9-13H,6-8,17H2,1-5H3,(H,18,20)(H,19,21)(H,22,23). The lowest BCUT2D eigenvalue weighted by atomic mass is 10.00. The van der Waals surface area contributed by atoms with E-state index in [0.29, 0.717) is 18.6 Å². The molecular formula is C16H31N3O4S. The van der Waals surface area contributed by atoms with E-state index in [1.165, 1.54) is 11.8 Å². The maximum Gasteiger partial charge on any atom is 0.326 e. The number of thioether (sulfide) groups is 1. The van der Waals surface area contributed by atoms with Gasteiger partial charge in [0.25, 0.3) is 0 Å². The molecule has 0 aliphatic carbocycles. The van der Waals surface area contributed by atoms with Crippen molar-refractivity contribution in [1.82, 2.24) is 10.6 Å². The smallest absolute Gasteiger partial charge is 0.326 e. The van der Waals surface area contributed by atoms with E-state index in [1.54, 1.807) is 0 Å². The van der Waals surface area contributed by atoms with Crippen LogP contribution in [-0.2, 0) is 14.4 Å². The Kier molecular flexibility index (Phi) is 10.7. The van der Waals surface area contributed by atoms with Crippen LogP contribution < -0.4 is 16.4 Å². The molecule has 0 bridgehead atoms. The summed E-state index contributed by atoms with van der Waals surface area (Å²) in [5.41, 5.74) is 5.81. The van der Waals surface area contributed by atoms with Crippen molar-refractivity contribution in [2.75, 3.05) is 12.0 Å². The van der Waals surface area contributed by atoms with Crippen molar-refractivity contribution < 1.29 is 19.5 Å². The molecule has 0 radical (unpaired) electrons.